The summed E-state index contributed by atoms with van der Waals surface area (Å²) in [7, 11) is -1.43. The van der Waals surface area contributed by atoms with Gasteiger partial charge in [0.15, 0.2) is 0 Å². The highest BCUT2D eigenvalue weighted by Crippen LogP contribution is 2.28. The van der Waals surface area contributed by atoms with Crippen molar-refractivity contribution in [3.63, 3.8) is 0 Å². The van der Waals surface area contributed by atoms with Crippen LogP contribution in [0.2, 0.25) is 0 Å². The SMILES string of the molecule is CCCC1CCCN(S(=O)(=O)c2cc(CNC)cs2)CC1. The van der Waals surface area contributed by atoms with Gasteiger partial charge in [0.25, 0.3) is 10.0 Å². The Hall–Kier alpha value is -0.430. The lowest BCUT2D eigenvalue weighted by Crippen LogP contribution is -2.31. The largest absolute Gasteiger partial charge is 0.316 e. The number of rotatable bonds is 6. The highest BCUT2D eigenvalue weighted by atomic mass is 32.2. The van der Waals surface area contributed by atoms with Crippen LogP contribution >= 0.6 is 11.3 Å². The average molecular weight is 331 g/mol. The van der Waals surface area contributed by atoms with Crippen LogP contribution in [-0.2, 0) is 16.6 Å². The summed E-state index contributed by atoms with van der Waals surface area (Å²) in [5, 5.41) is 4.99. The second-order valence-electron chi connectivity index (χ2n) is 5.79. The molecule has 0 saturated carbocycles. The molecule has 1 N–H and O–H groups in total. The van der Waals surface area contributed by atoms with Crippen LogP contribution in [-0.4, -0.2) is 32.9 Å². The first-order valence-electron chi connectivity index (χ1n) is 7.80. The van der Waals surface area contributed by atoms with Crippen LogP contribution in [0, 0.1) is 5.92 Å². The predicted molar refractivity (Wildman–Crippen MR) is 88.1 cm³/mol. The Morgan fingerprint density at radius 3 is 2.90 bits per heavy atom. The lowest BCUT2D eigenvalue weighted by Gasteiger charge is -2.19. The van der Waals surface area contributed by atoms with Gasteiger partial charge in [-0.05, 0) is 49.2 Å². The van der Waals surface area contributed by atoms with Crippen molar-refractivity contribution in [2.75, 3.05) is 20.1 Å². The summed E-state index contributed by atoms with van der Waals surface area (Å²) < 4.78 is 27.7. The van der Waals surface area contributed by atoms with Crippen LogP contribution in [0.5, 0.6) is 0 Å². The minimum Gasteiger partial charge on any atom is -0.316 e. The molecule has 2 heterocycles. The first-order valence-corrected chi connectivity index (χ1v) is 10.1. The molecule has 1 atom stereocenters. The minimum absolute atomic E-state index is 0.488. The Morgan fingerprint density at radius 1 is 1.38 bits per heavy atom. The molecule has 1 aliphatic rings. The fourth-order valence-electron chi connectivity index (χ4n) is 2.99. The number of thiophene rings is 1. The summed E-state index contributed by atoms with van der Waals surface area (Å²) in [6, 6.07) is 1.81. The monoisotopic (exact) mass is 330 g/mol. The van der Waals surface area contributed by atoms with E-state index < -0.39 is 10.0 Å². The molecular weight excluding hydrogens is 304 g/mol. The topological polar surface area (TPSA) is 49.4 Å². The second-order valence-corrected chi connectivity index (χ2v) is 8.87. The van der Waals surface area contributed by atoms with Gasteiger partial charge in [-0.15, -0.1) is 11.3 Å². The highest BCUT2D eigenvalue weighted by Gasteiger charge is 2.28. The van der Waals surface area contributed by atoms with Gasteiger partial charge in [-0.25, -0.2) is 8.42 Å². The number of sulfonamides is 1. The van der Waals surface area contributed by atoms with Gasteiger partial charge in [0, 0.05) is 19.6 Å². The van der Waals surface area contributed by atoms with E-state index in [9.17, 15) is 8.42 Å². The van der Waals surface area contributed by atoms with Crippen LogP contribution in [0.25, 0.3) is 0 Å². The van der Waals surface area contributed by atoms with E-state index in [1.807, 2.05) is 18.5 Å². The Kier molecular flexibility index (Phi) is 6.22. The predicted octanol–water partition coefficient (Wildman–Crippen LogP) is 3.06. The van der Waals surface area contributed by atoms with Crippen molar-refractivity contribution in [2.45, 2.75) is 49.8 Å². The standard InChI is InChI=1S/C15H26N2O2S2/c1-3-5-13-6-4-8-17(9-7-13)21(18,19)15-10-14(11-16-2)12-20-15/h10,12-13,16H,3-9,11H2,1-2H3. The van der Waals surface area contributed by atoms with E-state index in [0.29, 0.717) is 29.8 Å². The summed E-state index contributed by atoms with van der Waals surface area (Å²) in [5.41, 5.74) is 1.04. The molecule has 0 aromatic carbocycles. The molecule has 1 saturated heterocycles. The van der Waals surface area contributed by atoms with E-state index in [1.165, 1.54) is 24.2 Å². The van der Waals surface area contributed by atoms with Gasteiger partial charge in [-0.3, -0.25) is 0 Å². The zero-order valence-corrected chi connectivity index (χ0v) is 14.6. The molecule has 0 radical (unpaired) electrons. The molecule has 2 rings (SSSR count). The van der Waals surface area contributed by atoms with Crippen molar-refractivity contribution in [1.29, 1.82) is 0 Å². The normalized spacial score (nSPS) is 21.3. The molecule has 120 valence electrons. The average Bonchev–Trinajstić information content (AvgIpc) is 2.79. The van der Waals surface area contributed by atoms with Gasteiger partial charge < -0.3 is 5.32 Å². The van der Waals surface area contributed by atoms with Gasteiger partial charge in [0.2, 0.25) is 0 Å². The third-order valence-corrected chi connectivity index (χ3v) is 7.47. The number of hydrogen-bond donors (Lipinski definition) is 1. The second kappa shape index (κ2) is 7.72. The van der Waals surface area contributed by atoms with Crippen molar-refractivity contribution in [3.8, 4) is 0 Å². The van der Waals surface area contributed by atoms with Crippen molar-refractivity contribution in [3.05, 3.63) is 17.0 Å². The molecule has 1 aliphatic heterocycles. The van der Waals surface area contributed by atoms with Crippen LogP contribution < -0.4 is 5.32 Å². The lowest BCUT2D eigenvalue weighted by molar-refractivity contribution is 0.400. The summed E-state index contributed by atoms with van der Waals surface area (Å²) in [6.45, 7) is 4.26. The van der Waals surface area contributed by atoms with Crippen molar-refractivity contribution >= 4 is 21.4 Å². The van der Waals surface area contributed by atoms with Gasteiger partial charge in [-0.1, -0.05) is 19.8 Å². The molecule has 0 aliphatic carbocycles. The maximum atomic E-state index is 12.7. The Bertz CT molecular complexity index is 540. The van der Waals surface area contributed by atoms with Crippen molar-refractivity contribution in [1.82, 2.24) is 9.62 Å². The Labute approximate surface area is 132 Å². The van der Waals surface area contributed by atoms with Crippen LogP contribution in [0.1, 0.15) is 44.6 Å². The van der Waals surface area contributed by atoms with Gasteiger partial charge in [-0.2, -0.15) is 4.31 Å². The van der Waals surface area contributed by atoms with E-state index >= 15 is 0 Å². The molecule has 0 bridgehead atoms. The van der Waals surface area contributed by atoms with E-state index in [1.54, 1.807) is 4.31 Å². The summed E-state index contributed by atoms with van der Waals surface area (Å²) in [6.07, 6.45) is 5.56. The third kappa shape index (κ3) is 4.28. The van der Waals surface area contributed by atoms with Crippen LogP contribution in [0.3, 0.4) is 0 Å². The van der Waals surface area contributed by atoms with Crippen LogP contribution in [0.4, 0.5) is 0 Å². The van der Waals surface area contributed by atoms with Gasteiger partial charge >= 0.3 is 0 Å². The van der Waals surface area contributed by atoms with Gasteiger partial charge in [0.05, 0.1) is 0 Å². The molecule has 1 fully saturated rings. The fourth-order valence-corrected chi connectivity index (χ4v) is 5.84. The lowest BCUT2D eigenvalue weighted by atomic mass is 9.96. The maximum absolute atomic E-state index is 12.7. The molecule has 0 spiro atoms. The molecule has 21 heavy (non-hydrogen) atoms. The molecule has 6 heteroatoms. The fraction of sp³-hybridized carbons (Fsp3) is 0.733. The number of hydrogen-bond acceptors (Lipinski definition) is 4. The quantitative estimate of drug-likeness (QED) is 0.872. The molecule has 1 unspecified atom stereocenters. The maximum Gasteiger partial charge on any atom is 0.252 e. The van der Waals surface area contributed by atoms with E-state index in [4.69, 9.17) is 0 Å². The molecule has 1 aromatic rings. The first kappa shape index (κ1) is 16.9. The van der Waals surface area contributed by atoms with Crippen LogP contribution in [0.15, 0.2) is 15.7 Å². The van der Waals surface area contributed by atoms with E-state index in [0.717, 1.165) is 24.8 Å². The molecule has 0 amide bonds. The molecule has 4 nitrogen and oxygen atoms in total. The molecular formula is C15H26N2O2S2. The zero-order valence-electron chi connectivity index (χ0n) is 13.0. The number of nitrogens with one attached hydrogen (secondary N) is 1. The smallest absolute Gasteiger partial charge is 0.252 e. The van der Waals surface area contributed by atoms with E-state index in [-0.39, 0.29) is 0 Å². The third-order valence-electron chi connectivity index (χ3n) is 4.11. The minimum atomic E-state index is -3.30. The Balaban J connectivity index is 2.07. The zero-order chi connectivity index (χ0) is 15.3. The Morgan fingerprint density at radius 2 is 2.19 bits per heavy atom. The van der Waals surface area contributed by atoms with E-state index in [2.05, 4.69) is 12.2 Å². The van der Waals surface area contributed by atoms with Crippen molar-refractivity contribution < 1.29 is 8.42 Å². The summed E-state index contributed by atoms with van der Waals surface area (Å²) >= 11 is 1.34. The highest BCUT2D eigenvalue weighted by molar-refractivity contribution is 7.91. The van der Waals surface area contributed by atoms with Gasteiger partial charge in [0.1, 0.15) is 4.21 Å². The molecule has 1 aromatic heterocycles. The summed E-state index contributed by atoms with van der Waals surface area (Å²) in [4.78, 5) is 0. The first-order chi connectivity index (χ1) is 10.1. The van der Waals surface area contributed by atoms with Crippen molar-refractivity contribution in [2.24, 2.45) is 5.92 Å². The summed E-state index contributed by atoms with van der Waals surface area (Å²) in [5.74, 6) is 0.693. The number of nitrogens with zero attached hydrogens (tertiary/aromatic N) is 1.